The molecule has 128 valence electrons. The molecule has 0 heterocycles. The lowest BCUT2D eigenvalue weighted by Crippen LogP contribution is -2.09. The normalized spacial score (nSPS) is 10.6. The number of hydrogen-bond acceptors (Lipinski definition) is 3. The predicted molar refractivity (Wildman–Crippen MR) is 104 cm³/mol. The number of carbonyl (C=O) groups excluding carboxylic acids is 1. The van der Waals surface area contributed by atoms with Crippen LogP contribution in [0.4, 0.5) is 5.69 Å². The van der Waals surface area contributed by atoms with E-state index in [0.29, 0.717) is 16.5 Å². The van der Waals surface area contributed by atoms with E-state index in [4.69, 9.17) is 21.6 Å². The van der Waals surface area contributed by atoms with Gasteiger partial charge in [0.2, 0.25) is 5.91 Å². The molecule has 0 spiro atoms. The van der Waals surface area contributed by atoms with Gasteiger partial charge in [-0.15, -0.1) is 0 Å². The third-order valence-corrected chi connectivity index (χ3v) is 3.93. The van der Waals surface area contributed by atoms with Crippen LogP contribution in [0.25, 0.3) is 16.8 Å². The first kappa shape index (κ1) is 17.5. The van der Waals surface area contributed by atoms with Gasteiger partial charge in [-0.1, -0.05) is 48.0 Å². The molecule has 0 fully saturated rings. The Morgan fingerprint density at radius 1 is 1.12 bits per heavy atom. The van der Waals surface area contributed by atoms with Crippen LogP contribution >= 0.6 is 11.6 Å². The van der Waals surface area contributed by atoms with E-state index in [9.17, 15) is 4.79 Å². The number of halogens is 1. The number of nitriles is 1. The first-order valence-electron chi connectivity index (χ1n) is 7.93. The van der Waals surface area contributed by atoms with Gasteiger partial charge >= 0.3 is 0 Å². The lowest BCUT2D eigenvalue weighted by molar-refractivity contribution is -0.111. The van der Waals surface area contributed by atoms with Crippen LogP contribution in [0.15, 0.2) is 66.7 Å². The number of benzene rings is 3. The van der Waals surface area contributed by atoms with Crippen LogP contribution in [0.3, 0.4) is 0 Å². The second-order valence-corrected chi connectivity index (χ2v) is 5.95. The van der Waals surface area contributed by atoms with E-state index < -0.39 is 0 Å². The van der Waals surface area contributed by atoms with E-state index in [1.807, 2.05) is 48.5 Å². The Labute approximate surface area is 156 Å². The average molecular weight is 363 g/mol. The third kappa shape index (κ3) is 4.41. The smallest absolute Gasteiger partial charge is 0.248 e. The minimum absolute atomic E-state index is 0.114. The molecule has 0 saturated carbocycles. The number of hydrogen-bond donors (Lipinski definition) is 1. The molecule has 1 N–H and O–H groups in total. The summed E-state index contributed by atoms with van der Waals surface area (Å²) in [6.07, 6.45) is 3.18. The molecule has 0 radical (unpaired) electrons. The van der Waals surface area contributed by atoms with E-state index in [0.717, 1.165) is 16.3 Å². The standard InChI is InChI=1S/C21H15ClN2O2/c22-18-8-9-20(26-12-11-23)19(14-18)24-21(25)10-6-15-5-7-16-3-1-2-4-17(16)13-15/h1-10,13-14H,12H2,(H,24,25). The number of carbonyl (C=O) groups is 1. The van der Waals surface area contributed by atoms with Crippen molar-refractivity contribution in [1.82, 2.24) is 0 Å². The number of anilines is 1. The summed E-state index contributed by atoms with van der Waals surface area (Å²) in [6, 6.07) is 20.7. The van der Waals surface area contributed by atoms with Crippen molar-refractivity contribution in [3.05, 3.63) is 77.3 Å². The van der Waals surface area contributed by atoms with Crippen molar-refractivity contribution in [3.8, 4) is 11.8 Å². The van der Waals surface area contributed by atoms with Crippen LogP contribution in [0, 0.1) is 11.3 Å². The predicted octanol–water partition coefficient (Wildman–Crippen LogP) is 5.05. The van der Waals surface area contributed by atoms with Gasteiger partial charge in [0.1, 0.15) is 11.8 Å². The first-order valence-corrected chi connectivity index (χ1v) is 8.31. The number of amides is 1. The molecule has 26 heavy (non-hydrogen) atoms. The van der Waals surface area contributed by atoms with Crippen molar-refractivity contribution < 1.29 is 9.53 Å². The average Bonchev–Trinajstić information content (AvgIpc) is 2.65. The minimum Gasteiger partial charge on any atom is -0.477 e. The van der Waals surface area contributed by atoms with Crippen molar-refractivity contribution in [1.29, 1.82) is 5.26 Å². The SMILES string of the molecule is N#CCOc1ccc(Cl)cc1NC(=O)C=Cc1ccc2ccccc2c1. The zero-order chi connectivity index (χ0) is 18.4. The van der Waals surface area contributed by atoms with Crippen molar-refractivity contribution in [2.24, 2.45) is 0 Å². The molecule has 3 rings (SSSR count). The maximum atomic E-state index is 12.2. The lowest BCUT2D eigenvalue weighted by Gasteiger charge is -2.10. The Hall–Kier alpha value is -3.29. The molecule has 0 aliphatic rings. The molecule has 0 aliphatic heterocycles. The maximum absolute atomic E-state index is 12.2. The molecular weight excluding hydrogens is 348 g/mol. The highest BCUT2D eigenvalue weighted by Crippen LogP contribution is 2.28. The molecule has 0 aromatic heterocycles. The van der Waals surface area contributed by atoms with Crippen LogP contribution in [-0.2, 0) is 4.79 Å². The lowest BCUT2D eigenvalue weighted by atomic mass is 10.1. The van der Waals surface area contributed by atoms with Crippen molar-refractivity contribution in [2.75, 3.05) is 11.9 Å². The molecule has 0 atom stereocenters. The summed E-state index contributed by atoms with van der Waals surface area (Å²) < 4.78 is 5.29. The summed E-state index contributed by atoms with van der Waals surface area (Å²) in [5.74, 6) is 0.0747. The molecule has 3 aromatic rings. The first-order chi connectivity index (χ1) is 12.7. The van der Waals surface area contributed by atoms with Gasteiger partial charge in [0.05, 0.1) is 5.69 Å². The summed E-state index contributed by atoms with van der Waals surface area (Å²) >= 11 is 5.97. The highest BCUT2D eigenvalue weighted by atomic mass is 35.5. The highest BCUT2D eigenvalue weighted by Gasteiger charge is 2.07. The van der Waals surface area contributed by atoms with Crippen LogP contribution in [0.1, 0.15) is 5.56 Å². The topological polar surface area (TPSA) is 62.1 Å². The summed E-state index contributed by atoms with van der Waals surface area (Å²) in [7, 11) is 0. The van der Waals surface area contributed by atoms with Gasteiger partial charge in [-0.2, -0.15) is 5.26 Å². The van der Waals surface area contributed by atoms with E-state index in [2.05, 4.69) is 5.32 Å². The van der Waals surface area contributed by atoms with Crippen LogP contribution in [-0.4, -0.2) is 12.5 Å². The van der Waals surface area contributed by atoms with Crippen molar-refractivity contribution >= 4 is 40.0 Å². The summed E-state index contributed by atoms with van der Waals surface area (Å²) in [4.78, 5) is 12.2. The van der Waals surface area contributed by atoms with Crippen molar-refractivity contribution in [2.45, 2.75) is 0 Å². The van der Waals surface area contributed by atoms with Gasteiger partial charge in [0.25, 0.3) is 0 Å². The van der Waals surface area contributed by atoms with Crippen LogP contribution < -0.4 is 10.1 Å². The second kappa shape index (κ2) is 8.19. The Bertz CT molecular complexity index is 1020. The second-order valence-electron chi connectivity index (χ2n) is 5.52. The fourth-order valence-corrected chi connectivity index (χ4v) is 2.67. The largest absolute Gasteiger partial charge is 0.477 e. The summed E-state index contributed by atoms with van der Waals surface area (Å²) in [6.45, 7) is -0.114. The fourth-order valence-electron chi connectivity index (χ4n) is 2.49. The number of fused-ring (bicyclic) bond motifs is 1. The van der Waals surface area contributed by atoms with Gasteiger partial charge in [0, 0.05) is 11.1 Å². The minimum atomic E-state index is -0.317. The monoisotopic (exact) mass is 362 g/mol. The molecule has 0 saturated heterocycles. The Morgan fingerprint density at radius 2 is 1.92 bits per heavy atom. The molecule has 5 heteroatoms. The number of nitrogens with one attached hydrogen (secondary N) is 1. The Morgan fingerprint density at radius 3 is 2.73 bits per heavy atom. The summed E-state index contributed by atoms with van der Waals surface area (Å²) in [5.41, 5.74) is 1.34. The van der Waals surface area contributed by atoms with E-state index >= 15 is 0 Å². The Balaban J connectivity index is 1.74. The van der Waals surface area contributed by atoms with E-state index in [-0.39, 0.29) is 12.5 Å². The van der Waals surface area contributed by atoms with Gasteiger partial charge in [-0.25, -0.2) is 0 Å². The highest BCUT2D eigenvalue weighted by molar-refractivity contribution is 6.31. The van der Waals surface area contributed by atoms with Crippen LogP contribution in [0.5, 0.6) is 5.75 Å². The van der Waals surface area contributed by atoms with E-state index in [1.54, 1.807) is 24.3 Å². The molecule has 4 nitrogen and oxygen atoms in total. The molecule has 0 aliphatic carbocycles. The molecule has 0 bridgehead atoms. The van der Waals surface area contributed by atoms with Gasteiger partial charge < -0.3 is 10.1 Å². The maximum Gasteiger partial charge on any atom is 0.248 e. The zero-order valence-corrected chi connectivity index (χ0v) is 14.5. The third-order valence-electron chi connectivity index (χ3n) is 3.69. The fraction of sp³-hybridized carbons (Fsp3) is 0.0476. The summed E-state index contributed by atoms with van der Waals surface area (Å²) in [5, 5.41) is 14.1. The van der Waals surface area contributed by atoms with E-state index in [1.165, 1.54) is 6.08 Å². The van der Waals surface area contributed by atoms with Crippen LogP contribution in [0.2, 0.25) is 5.02 Å². The number of rotatable bonds is 5. The molecular formula is C21H15ClN2O2. The van der Waals surface area contributed by atoms with Gasteiger partial charge in [-0.3, -0.25) is 4.79 Å². The van der Waals surface area contributed by atoms with Gasteiger partial charge in [0.15, 0.2) is 6.61 Å². The quantitative estimate of drug-likeness (QED) is 0.646. The zero-order valence-electron chi connectivity index (χ0n) is 13.8. The van der Waals surface area contributed by atoms with Gasteiger partial charge in [-0.05, 0) is 46.7 Å². The Kier molecular flexibility index (Phi) is 5.52. The van der Waals surface area contributed by atoms with Crippen molar-refractivity contribution in [3.63, 3.8) is 0 Å². The number of ether oxygens (including phenoxy) is 1. The number of nitrogens with zero attached hydrogens (tertiary/aromatic N) is 1. The molecule has 1 amide bonds. The molecule has 0 unspecified atom stereocenters. The molecule has 3 aromatic carbocycles.